The molecule has 1 fully saturated rings. The summed E-state index contributed by atoms with van der Waals surface area (Å²) < 4.78 is 27.6. The second-order valence-corrected chi connectivity index (χ2v) is 10.3. The summed E-state index contributed by atoms with van der Waals surface area (Å²) >= 11 is 0. The van der Waals surface area contributed by atoms with Crippen LogP contribution in [0.25, 0.3) is 21.9 Å². The molecule has 0 bridgehead atoms. The van der Waals surface area contributed by atoms with Crippen LogP contribution in [0.4, 0.5) is 16.2 Å². The smallest absolute Gasteiger partial charge is 0.222 e. The molecular weight excluding hydrogens is 515 g/mol. The van der Waals surface area contributed by atoms with E-state index in [9.17, 15) is 14.6 Å². The van der Waals surface area contributed by atoms with Gasteiger partial charge in [-0.1, -0.05) is 19.4 Å². The Hall–Kier alpha value is -3.51. The van der Waals surface area contributed by atoms with Crippen molar-refractivity contribution in [1.82, 2.24) is 19.9 Å². The third-order valence-corrected chi connectivity index (χ3v) is 7.42. The molecular formula is C29H37FN6O4. The number of nitrogens with zero attached hydrogens (tertiary/aromatic N) is 3. The number of aliphatic hydroxyl groups is 2. The number of nitrogens with two attached hydrogens (primary N) is 1. The number of hydrogen-bond donors (Lipinski definition) is 5. The SMILES string of the molecule is CCC[C@@H](CCO)Nc1nc(N)nc2c3cc(F)ccc3n(Cc3cc(CN[C@@H]4COC[C@H]4O)ccc3OC)c12. The molecule has 3 atom stereocenters. The highest BCUT2D eigenvalue weighted by atomic mass is 19.1. The topological polar surface area (TPSA) is 140 Å². The van der Waals surface area contributed by atoms with Crippen molar-refractivity contribution >= 4 is 33.7 Å². The minimum atomic E-state index is -0.531. The summed E-state index contributed by atoms with van der Waals surface area (Å²) in [6, 6.07) is 10.5. The van der Waals surface area contributed by atoms with Crippen LogP contribution in [0.3, 0.4) is 0 Å². The predicted molar refractivity (Wildman–Crippen MR) is 153 cm³/mol. The van der Waals surface area contributed by atoms with Crippen molar-refractivity contribution < 1.29 is 24.1 Å². The highest BCUT2D eigenvalue weighted by Gasteiger charge is 2.26. The summed E-state index contributed by atoms with van der Waals surface area (Å²) in [6.45, 7) is 3.88. The van der Waals surface area contributed by atoms with Crippen molar-refractivity contribution in [3.63, 3.8) is 0 Å². The van der Waals surface area contributed by atoms with Gasteiger partial charge in [0.25, 0.3) is 0 Å². The molecule has 5 rings (SSSR count). The molecule has 1 aliphatic rings. The lowest BCUT2D eigenvalue weighted by atomic mass is 10.1. The van der Waals surface area contributed by atoms with Gasteiger partial charge >= 0.3 is 0 Å². The molecule has 2 aromatic carbocycles. The minimum absolute atomic E-state index is 0.0189. The fraction of sp³-hybridized carbons (Fsp3) is 0.448. The number of halogens is 1. The van der Waals surface area contributed by atoms with Gasteiger partial charge in [-0.2, -0.15) is 4.98 Å². The molecule has 0 radical (unpaired) electrons. The highest BCUT2D eigenvalue weighted by Crippen LogP contribution is 2.35. The number of aromatic nitrogens is 3. The number of methoxy groups -OCH3 is 1. The van der Waals surface area contributed by atoms with Gasteiger partial charge in [0.05, 0.1) is 44.5 Å². The Morgan fingerprint density at radius 1 is 1.20 bits per heavy atom. The molecule has 2 aromatic heterocycles. The van der Waals surface area contributed by atoms with Gasteiger partial charge in [-0.3, -0.25) is 0 Å². The first kappa shape index (κ1) is 28.0. The van der Waals surface area contributed by atoms with E-state index in [2.05, 4.69) is 38.2 Å². The maximum absolute atomic E-state index is 14.4. The fourth-order valence-electron chi connectivity index (χ4n) is 5.44. The zero-order valence-corrected chi connectivity index (χ0v) is 22.9. The zero-order chi connectivity index (χ0) is 28.2. The van der Waals surface area contributed by atoms with Gasteiger partial charge in [-0.05, 0) is 48.7 Å². The Labute approximate surface area is 232 Å². The first-order valence-corrected chi connectivity index (χ1v) is 13.7. The number of fused-ring (bicyclic) bond motifs is 3. The van der Waals surface area contributed by atoms with Gasteiger partial charge in [0.2, 0.25) is 5.95 Å². The van der Waals surface area contributed by atoms with E-state index in [1.54, 1.807) is 13.2 Å². The van der Waals surface area contributed by atoms with Crippen molar-refractivity contribution in [2.24, 2.45) is 0 Å². The third-order valence-electron chi connectivity index (χ3n) is 7.42. The van der Waals surface area contributed by atoms with Crippen LogP contribution >= 0.6 is 0 Å². The number of nitrogens with one attached hydrogen (secondary N) is 2. The highest BCUT2D eigenvalue weighted by molar-refractivity contribution is 6.09. The van der Waals surface area contributed by atoms with E-state index in [0.717, 1.165) is 29.5 Å². The standard InChI is InChI=1S/C29H37FN6O4/c1-3-4-20(9-10-37)33-28-27-26(34-29(31)35-28)21-12-19(30)6-7-23(21)36(27)14-18-11-17(5-8-25(18)39-2)13-32-22-15-40-16-24(22)38/h5-8,11-12,20,22,24,32,37-38H,3-4,9-10,13-16H2,1-2H3,(H3,31,33,34,35)/t20-,22+,24+/m0/s1. The van der Waals surface area contributed by atoms with Crippen LogP contribution < -0.4 is 21.1 Å². The molecule has 0 amide bonds. The molecule has 1 aliphatic heterocycles. The van der Waals surface area contributed by atoms with Crippen molar-refractivity contribution in [3.05, 3.63) is 53.3 Å². The summed E-state index contributed by atoms with van der Waals surface area (Å²) in [7, 11) is 1.63. The lowest BCUT2D eigenvalue weighted by Crippen LogP contribution is -2.38. The van der Waals surface area contributed by atoms with Crippen LogP contribution in [0.1, 0.15) is 37.3 Å². The summed E-state index contributed by atoms with van der Waals surface area (Å²) in [5.41, 5.74) is 10.1. The Morgan fingerprint density at radius 3 is 2.77 bits per heavy atom. The summed E-state index contributed by atoms with van der Waals surface area (Å²) in [5.74, 6) is 0.963. The Kier molecular flexibility index (Phi) is 8.65. The number of ether oxygens (including phenoxy) is 2. The lowest BCUT2D eigenvalue weighted by molar-refractivity contribution is 0.122. The Balaban J connectivity index is 1.59. The first-order chi connectivity index (χ1) is 19.4. The van der Waals surface area contributed by atoms with E-state index in [4.69, 9.17) is 15.2 Å². The molecule has 0 aliphatic carbocycles. The van der Waals surface area contributed by atoms with E-state index in [1.165, 1.54) is 12.1 Å². The minimum Gasteiger partial charge on any atom is -0.496 e. The fourth-order valence-corrected chi connectivity index (χ4v) is 5.44. The molecule has 6 N–H and O–H groups in total. The largest absolute Gasteiger partial charge is 0.496 e. The van der Waals surface area contributed by atoms with Crippen molar-refractivity contribution in [2.45, 2.75) is 57.5 Å². The Bertz CT molecular complexity index is 1470. The van der Waals surface area contributed by atoms with Gasteiger partial charge in [-0.15, -0.1) is 0 Å². The second-order valence-electron chi connectivity index (χ2n) is 10.3. The van der Waals surface area contributed by atoms with E-state index in [1.807, 2.05) is 12.1 Å². The first-order valence-electron chi connectivity index (χ1n) is 13.7. The van der Waals surface area contributed by atoms with Crippen molar-refractivity contribution in [3.8, 4) is 5.75 Å². The molecule has 11 heteroatoms. The molecule has 4 aromatic rings. The van der Waals surface area contributed by atoms with Crippen molar-refractivity contribution in [1.29, 1.82) is 0 Å². The maximum atomic E-state index is 14.4. The summed E-state index contributed by atoms with van der Waals surface area (Å²) in [6.07, 6.45) is 1.79. The van der Waals surface area contributed by atoms with Crippen LogP contribution in [0.2, 0.25) is 0 Å². The molecule has 3 heterocycles. The summed E-state index contributed by atoms with van der Waals surface area (Å²) in [5, 5.41) is 27.2. The molecule has 0 spiro atoms. The van der Waals surface area contributed by atoms with E-state index in [0.29, 0.717) is 60.7 Å². The van der Waals surface area contributed by atoms with Crippen molar-refractivity contribution in [2.75, 3.05) is 38.0 Å². The Morgan fingerprint density at radius 2 is 2.05 bits per heavy atom. The number of benzene rings is 2. The number of aliphatic hydroxyl groups excluding tert-OH is 2. The van der Waals surface area contributed by atoms with Crippen LogP contribution in [-0.4, -0.2) is 69.9 Å². The number of rotatable bonds is 12. The van der Waals surface area contributed by atoms with E-state index in [-0.39, 0.29) is 30.5 Å². The molecule has 10 nitrogen and oxygen atoms in total. The molecule has 1 saturated heterocycles. The molecule has 214 valence electrons. The average Bonchev–Trinajstić information content (AvgIpc) is 3.48. The van der Waals surface area contributed by atoms with Crippen LogP contribution in [0, 0.1) is 5.82 Å². The van der Waals surface area contributed by atoms with Crippen LogP contribution in [0.15, 0.2) is 36.4 Å². The molecule has 0 unspecified atom stereocenters. The average molecular weight is 553 g/mol. The van der Waals surface area contributed by atoms with Gasteiger partial charge in [0, 0.05) is 30.1 Å². The number of nitrogen functional groups attached to an aromatic ring is 1. The zero-order valence-electron chi connectivity index (χ0n) is 22.9. The van der Waals surface area contributed by atoms with Crippen LogP contribution in [0.5, 0.6) is 5.75 Å². The normalized spacial score (nSPS) is 18.0. The van der Waals surface area contributed by atoms with E-state index < -0.39 is 6.10 Å². The number of anilines is 2. The van der Waals surface area contributed by atoms with E-state index >= 15 is 0 Å². The van der Waals surface area contributed by atoms with Gasteiger partial charge < -0.3 is 40.6 Å². The number of hydrogen-bond acceptors (Lipinski definition) is 9. The predicted octanol–water partition coefficient (Wildman–Crippen LogP) is 3.18. The van der Waals surface area contributed by atoms with Gasteiger partial charge in [0.15, 0.2) is 5.82 Å². The molecule has 40 heavy (non-hydrogen) atoms. The quantitative estimate of drug-likeness (QED) is 0.179. The van der Waals surface area contributed by atoms with Gasteiger partial charge in [-0.25, -0.2) is 9.37 Å². The van der Waals surface area contributed by atoms with Crippen LogP contribution in [-0.2, 0) is 17.8 Å². The molecule has 0 saturated carbocycles. The monoisotopic (exact) mass is 552 g/mol. The van der Waals surface area contributed by atoms with Gasteiger partial charge in [0.1, 0.15) is 22.6 Å². The lowest BCUT2D eigenvalue weighted by Gasteiger charge is -2.20. The summed E-state index contributed by atoms with van der Waals surface area (Å²) in [4.78, 5) is 9.07. The maximum Gasteiger partial charge on any atom is 0.222 e. The third kappa shape index (κ3) is 5.83. The second kappa shape index (κ2) is 12.3.